The van der Waals surface area contributed by atoms with E-state index in [4.69, 9.17) is 4.98 Å². The van der Waals surface area contributed by atoms with Crippen molar-refractivity contribution in [3.8, 4) is 0 Å². The number of nitrogens with one attached hydrogen (secondary N) is 1. The topological polar surface area (TPSA) is 73.3 Å². The van der Waals surface area contributed by atoms with Crippen LogP contribution < -0.4 is 20.0 Å². The Morgan fingerprint density at radius 1 is 0.686 bits per heavy atom. The van der Waals surface area contributed by atoms with Crippen molar-refractivity contribution in [2.45, 2.75) is 25.4 Å². The summed E-state index contributed by atoms with van der Waals surface area (Å²) in [7, 11) is 0. The molecule has 0 unspecified atom stereocenters. The van der Waals surface area contributed by atoms with Crippen molar-refractivity contribution >= 4 is 29.4 Å². The normalized spacial score (nSPS) is 16.9. The second kappa shape index (κ2) is 9.93. The van der Waals surface area contributed by atoms with Gasteiger partial charge in [-0.3, -0.25) is 0 Å². The molecule has 2 aliphatic rings. The monoisotopic (exact) mass is 484 g/mol. The zero-order chi connectivity index (χ0) is 24.3. The van der Waals surface area contributed by atoms with E-state index in [1.807, 2.05) is 35.2 Å². The van der Waals surface area contributed by atoms with E-state index in [0.29, 0.717) is 44.0 Å². The fourth-order valence-corrected chi connectivity index (χ4v) is 4.43. The van der Waals surface area contributed by atoms with Gasteiger partial charge in [-0.05, 0) is 43.5 Å². The summed E-state index contributed by atoms with van der Waals surface area (Å²) in [6, 6.07) is 12.1. The van der Waals surface area contributed by atoms with Gasteiger partial charge in [0.05, 0.1) is 5.56 Å². The van der Waals surface area contributed by atoms with Crippen LogP contribution >= 0.6 is 0 Å². The van der Waals surface area contributed by atoms with E-state index < -0.39 is 11.7 Å². The van der Waals surface area contributed by atoms with Crippen molar-refractivity contribution in [2.75, 3.05) is 59.3 Å². The first kappa shape index (κ1) is 23.1. The molecule has 1 N–H and O–H groups in total. The summed E-state index contributed by atoms with van der Waals surface area (Å²) < 4.78 is 40.4. The van der Waals surface area contributed by atoms with Crippen LogP contribution in [0.15, 0.2) is 48.7 Å². The lowest BCUT2D eigenvalue weighted by molar-refractivity contribution is -0.137. The first-order valence-corrected chi connectivity index (χ1v) is 11.8. The standard InChI is InChI=1S/C24H27F3N8/c25-24(26,27)19-10-7-11-28-20(19)33-14-16-35(17-15-33)23-31-21(29-18-8-3-1-4-9-18)30-22(32-23)34-12-5-2-6-13-34/h1,3-4,7-11H,2,5-6,12-17H2,(H,29,30,31,32). The maximum Gasteiger partial charge on any atom is 0.419 e. The third-order valence-corrected chi connectivity index (χ3v) is 6.23. The van der Waals surface area contributed by atoms with E-state index in [1.54, 1.807) is 4.90 Å². The summed E-state index contributed by atoms with van der Waals surface area (Å²) >= 11 is 0. The Balaban J connectivity index is 1.37. The largest absolute Gasteiger partial charge is 0.419 e. The number of alkyl halides is 3. The van der Waals surface area contributed by atoms with Crippen molar-refractivity contribution in [3.63, 3.8) is 0 Å². The smallest absolute Gasteiger partial charge is 0.353 e. The van der Waals surface area contributed by atoms with E-state index in [-0.39, 0.29) is 5.82 Å². The minimum atomic E-state index is -4.45. The number of nitrogens with zero attached hydrogens (tertiary/aromatic N) is 7. The number of para-hydroxylation sites is 1. The molecule has 35 heavy (non-hydrogen) atoms. The fourth-order valence-electron chi connectivity index (χ4n) is 4.43. The van der Waals surface area contributed by atoms with Gasteiger partial charge in [-0.2, -0.15) is 28.1 Å². The maximum atomic E-state index is 13.5. The van der Waals surface area contributed by atoms with Gasteiger partial charge in [0.1, 0.15) is 5.82 Å². The van der Waals surface area contributed by atoms with Gasteiger partial charge in [0.2, 0.25) is 17.8 Å². The highest BCUT2D eigenvalue weighted by atomic mass is 19.4. The molecule has 4 heterocycles. The molecule has 5 rings (SSSR count). The van der Waals surface area contributed by atoms with E-state index in [1.165, 1.54) is 18.7 Å². The molecular formula is C24H27F3N8. The molecule has 3 aromatic rings. The molecule has 0 aliphatic carbocycles. The lowest BCUT2D eigenvalue weighted by atomic mass is 10.1. The number of piperidine rings is 1. The number of piperazine rings is 1. The van der Waals surface area contributed by atoms with Crippen molar-refractivity contribution < 1.29 is 13.2 Å². The number of pyridine rings is 1. The van der Waals surface area contributed by atoms with E-state index in [0.717, 1.165) is 37.7 Å². The molecule has 2 aromatic heterocycles. The quantitative estimate of drug-likeness (QED) is 0.573. The second-order valence-electron chi connectivity index (χ2n) is 8.64. The van der Waals surface area contributed by atoms with Crippen LogP contribution in [-0.2, 0) is 6.18 Å². The molecule has 0 radical (unpaired) electrons. The summed E-state index contributed by atoms with van der Waals surface area (Å²) in [6.07, 6.45) is 0.324. The Hall–Kier alpha value is -3.63. The predicted molar refractivity (Wildman–Crippen MR) is 129 cm³/mol. The molecule has 0 spiro atoms. The maximum absolute atomic E-state index is 13.5. The molecule has 0 bridgehead atoms. The first-order valence-electron chi connectivity index (χ1n) is 11.8. The third-order valence-electron chi connectivity index (χ3n) is 6.23. The Kier molecular flexibility index (Phi) is 6.56. The molecule has 0 saturated carbocycles. The molecule has 184 valence electrons. The van der Waals surface area contributed by atoms with Crippen LogP contribution in [0.3, 0.4) is 0 Å². The van der Waals surface area contributed by atoms with E-state index >= 15 is 0 Å². The fraction of sp³-hybridized carbons (Fsp3) is 0.417. The van der Waals surface area contributed by atoms with Gasteiger partial charge in [0.25, 0.3) is 0 Å². The minimum absolute atomic E-state index is 0.0317. The number of aromatic nitrogens is 4. The molecule has 8 nitrogen and oxygen atoms in total. The second-order valence-corrected chi connectivity index (χ2v) is 8.64. The van der Waals surface area contributed by atoms with E-state index in [2.05, 4.69) is 25.2 Å². The highest BCUT2D eigenvalue weighted by Crippen LogP contribution is 2.35. The van der Waals surface area contributed by atoms with Gasteiger partial charge in [0, 0.05) is 51.2 Å². The van der Waals surface area contributed by atoms with Gasteiger partial charge in [-0.15, -0.1) is 0 Å². The summed E-state index contributed by atoms with van der Waals surface area (Å²) in [5.74, 6) is 1.57. The van der Waals surface area contributed by atoms with Crippen molar-refractivity contribution in [1.29, 1.82) is 0 Å². The van der Waals surface area contributed by atoms with E-state index in [9.17, 15) is 13.2 Å². The van der Waals surface area contributed by atoms with Crippen LogP contribution in [0.4, 0.5) is 42.5 Å². The van der Waals surface area contributed by atoms with Gasteiger partial charge in [-0.25, -0.2) is 4.98 Å². The molecule has 2 fully saturated rings. The molecular weight excluding hydrogens is 457 g/mol. The highest BCUT2D eigenvalue weighted by Gasteiger charge is 2.36. The van der Waals surface area contributed by atoms with Gasteiger partial charge < -0.3 is 20.0 Å². The summed E-state index contributed by atoms with van der Waals surface area (Å²) in [5.41, 5.74) is 0.157. The van der Waals surface area contributed by atoms with Crippen LogP contribution in [0.5, 0.6) is 0 Å². The zero-order valence-corrected chi connectivity index (χ0v) is 19.2. The lowest BCUT2D eigenvalue weighted by Gasteiger charge is -2.36. The minimum Gasteiger partial charge on any atom is -0.353 e. The molecule has 2 aliphatic heterocycles. The van der Waals surface area contributed by atoms with Gasteiger partial charge in [0.15, 0.2) is 0 Å². The summed E-state index contributed by atoms with van der Waals surface area (Å²) in [4.78, 5) is 24.0. The third kappa shape index (κ3) is 5.39. The van der Waals surface area contributed by atoms with Gasteiger partial charge in [-0.1, -0.05) is 18.2 Å². The molecule has 11 heteroatoms. The average molecular weight is 485 g/mol. The van der Waals surface area contributed by atoms with Crippen LogP contribution in [0.25, 0.3) is 0 Å². The number of halogens is 3. The van der Waals surface area contributed by atoms with Crippen molar-refractivity contribution in [1.82, 2.24) is 19.9 Å². The number of hydrogen-bond acceptors (Lipinski definition) is 8. The Labute approximate surface area is 201 Å². The number of hydrogen-bond donors (Lipinski definition) is 1. The Morgan fingerprint density at radius 2 is 1.31 bits per heavy atom. The number of benzene rings is 1. The van der Waals surface area contributed by atoms with Crippen LogP contribution in [-0.4, -0.2) is 59.2 Å². The molecule has 2 saturated heterocycles. The molecule has 0 amide bonds. The highest BCUT2D eigenvalue weighted by molar-refractivity contribution is 5.57. The Bertz CT molecular complexity index is 1130. The summed E-state index contributed by atoms with van der Waals surface area (Å²) in [5, 5.41) is 3.26. The lowest BCUT2D eigenvalue weighted by Crippen LogP contribution is -2.48. The SMILES string of the molecule is FC(F)(F)c1cccnc1N1CCN(c2nc(Nc3ccccc3)nc(N3CCCCC3)n2)CC1. The van der Waals surface area contributed by atoms with Crippen molar-refractivity contribution in [2.24, 2.45) is 0 Å². The first-order chi connectivity index (χ1) is 17.0. The van der Waals surface area contributed by atoms with Gasteiger partial charge >= 0.3 is 6.18 Å². The van der Waals surface area contributed by atoms with Crippen molar-refractivity contribution in [3.05, 3.63) is 54.2 Å². The summed E-state index contributed by atoms with van der Waals surface area (Å²) in [6.45, 7) is 3.49. The zero-order valence-electron chi connectivity index (χ0n) is 19.2. The number of rotatable bonds is 5. The van der Waals surface area contributed by atoms with Crippen LogP contribution in [0, 0.1) is 0 Å². The molecule has 1 aromatic carbocycles. The predicted octanol–water partition coefficient (Wildman–Crippen LogP) is 4.35. The van der Waals surface area contributed by atoms with Crippen LogP contribution in [0.2, 0.25) is 0 Å². The number of anilines is 5. The van der Waals surface area contributed by atoms with Crippen LogP contribution in [0.1, 0.15) is 24.8 Å². The Morgan fingerprint density at radius 3 is 1.97 bits per heavy atom. The average Bonchev–Trinajstić information content (AvgIpc) is 2.89. The molecule has 0 atom stereocenters.